The molecule has 1 heterocycles. The van der Waals surface area contributed by atoms with Crippen LogP contribution in [0.5, 0.6) is 0 Å². The summed E-state index contributed by atoms with van der Waals surface area (Å²) in [4.78, 5) is 8.06. The van der Waals surface area contributed by atoms with Crippen LogP contribution in [0.4, 0.5) is 11.6 Å². The molecule has 0 amide bonds. The number of nitrogens with two attached hydrogens (primary N) is 1. The Morgan fingerprint density at radius 2 is 2.00 bits per heavy atom. The summed E-state index contributed by atoms with van der Waals surface area (Å²) in [5, 5.41) is 3.17. The van der Waals surface area contributed by atoms with Crippen LogP contribution in [0.25, 0.3) is 0 Å². The summed E-state index contributed by atoms with van der Waals surface area (Å²) in [7, 11) is 0. The van der Waals surface area contributed by atoms with Gasteiger partial charge in [0, 0.05) is 11.0 Å². The summed E-state index contributed by atoms with van der Waals surface area (Å²) in [6, 6.07) is 8.03. The van der Waals surface area contributed by atoms with Crippen LogP contribution in [0.15, 0.2) is 41.1 Å². The zero-order valence-corrected chi connectivity index (χ0v) is 10.1. The zero-order valence-electron chi connectivity index (χ0n) is 8.52. The molecule has 5 heteroatoms. The molecule has 0 unspecified atom stereocenters. The van der Waals surface area contributed by atoms with E-state index in [1.165, 1.54) is 11.8 Å². The van der Waals surface area contributed by atoms with Gasteiger partial charge in [0.15, 0.2) is 0 Å². The molecule has 0 saturated carbocycles. The normalized spacial score (nSPS) is 10.1. The standard InChI is InChI=1S/C11H11BrN4/c12-9-4-2-1-3-8(9)5-15-11-7-14-10(13)6-16-11/h1-4,6-7H,5H2,(H2,13,14)(H,15,16). The first-order valence-electron chi connectivity index (χ1n) is 4.80. The highest BCUT2D eigenvalue weighted by Crippen LogP contribution is 2.16. The number of hydrogen-bond donors (Lipinski definition) is 2. The summed E-state index contributed by atoms with van der Waals surface area (Å²) < 4.78 is 1.07. The Morgan fingerprint density at radius 1 is 1.19 bits per heavy atom. The van der Waals surface area contributed by atoms with Crippen LogP contribution in [-0.4, -0.2) is 9.97 Å². The Balaban J connectivity index is 2.02. The first-order chi connectivity index (χ1) is 7.75. The van der Waals surface area contributed by atoms with Crippen LogP contribution in [0.3, 0.4) is 0 Å². The fourth-order valence-electron chi connectivity index (χ4n) is 1.26. The summed E-state index contributed by atoms with van der Waals surface area (Å²) >= 11 is 3.49. The molecule has 0 radical (unpaired) electrons. The summed E-state index contributed by atoms with van der Waals surface area (Å²) in [6.45, 7) is 0.694. The van der Waals surface area contributed by atoms with Crippen molar-refractivity contribution in [2.24, 2.45) is 0 Å². The number of rotatable bonds is 3. The maximum Gasteiger partial charge on any atom is 0.144 e. The molecule has 0 aliphatic rings. The molecule has 0 atom stereocenters. The lowest BCUT2D eigenvalue weighted by Crippen LogP contribution is -2.03. The predicted octanol–water partition coefficient (Wildman–Crippen LogP) is 2.43. The van der Waals surface area contributed by atoms with E-state index in [2.05, 4.69) is 31.2 Å². The van der Waals surface area contributed by atoms with Gasteiger partial charge in [-0.2, -0.15) is 0 Å². The van der Waals surface area contributed by atoms with Crippen LogP contribution >= 0.6 is 15.9 Å². The van der Waals surface area contributed by atoms with Gasteiger partial charge in [0.2, 0.25) is 0 Å². The third kappa shape index (κ3) is 2.70. The lowest BCUT2D eigenvalue weighted by molar-refractivity contribution is 1.08. The molecule has 0 spiro atoms. The van der Waals surface area contributed by atoms with Crippen molar-refractivity contribution in [3.63, 3.8) is 0 Å². The second-order valence-electron chi connectivity index (χ2n) is 3.27. The number of benzene rings is 1. The molecule has 1 aromatic heterocycles. The highest BCUT2D eigenvalue weighted by Gasteiger charge is 1.99. The molecule has 0 bridgehead atoms. The fourth-order valence-corrected chi connectivity index (χ4v) is 1.68. The van der Waals surface area contributed by atoms with Gasteiger partial charge in [-0.3, -0.25) is 0 Å². The second-order valence-corrected chi connectivity index (χ2v) is 4.13. The molecule has 0 aliphatic carbocycles. The van der Waals surface area contributed by atoms with E-state index in [4.69, 9.17) is 5.73 Å². The van der Waals surface area contributed by atoms with Gasteiger partial charge in [0.1, 0.15) is 11.6 Å². The van der Waals surface area contributed by atoms with Crippen molar-refractivity contribution in [3.8, 4) is 0 Å². The molecule has 0 aliphatic heterocycles. The molecule has 16 heavy (non-hydrogen) atoms. The highest BCUT2D eigenvalue weighted by atomic mass is 79.9. The SMILES string of the molecule is Nc1cnc(NCc2ccccc2Br)cn1. The Labute approximate surface area is 102 Å². The lowest BCUT2D eigenvalue weighted by Gasteiger charge is -2.06. The van der Waals surface area contributed by atoms with Gasteiger partial charge in [-0.25, -0.2) is 9.97 Å². The molecule has 0 saturated heterocycles. The first kappa shape index (κ1) is 10.9. The predicted molar refractivity (Wildman–Crippen MR) is 67.9 cm³/mol. The highest BCUT2D eigenvalue weighted by molar-refractivity contribution is 9.10. The van der Waals surface area contributed by atoms with Gasteiger partial charge in [-0.15, -0.1) is 0 Å². The van der Waals surface area contributed by atoms with E-state index in [9.17, 15) is 0 Å². The van der Waals surface area contributed by atoms with Crippen molar-refractivity contribution >= 4 is 27.6 Å². The van der Waals surface area contributed by atoms with E-state index in [0.29, 0.717) is 18.2 Å². The van der Waals surface area contributed by atoms with Crippen LogP contribution < -0.4 is 11.1 Å². The molecular formula is C11H11BrN4. The third-order valence-electron chi connectivity index (χ3n) is 2.09. The minimum absolute atomic E-state index is 0.423. The molecule has 1 aromatic carbocycles. The summed E-state index contributed by atoms with van der Waals surface area (Å²) in [6.07, 6.45) is 3.15. The van der Waals surface area contributed by atoms with Gasteiger partial charge in [0.25, 0.3) is 0 Å². The van der Waals surface area contributed by atoms with E-state index in [1.54, 1.807) is 6.20 Å². The second kappa shape index (κ2) is 4.94. The number of nitrogens with zero attached hydrogens (tertiary/aromatic N) is 2. The van der Waals surface area contributed by atoms with Gasteiger partial charge in [-0.1, -0.05) is 34.1 Å². The molecule has 82 valence electrons. The van der Waals surface area contributed by atoms with Crippen molar-refractivity contribution in [3.05, 3.63) is 46.7 Å². The Kier molecular flexibility index (Phi) is 3.36. The Bertz CT molecular complexity index is 470. The average Bonchev–Trinajstić information content (AvgIpc) is 2.30. The lowest BCUT2D eigenvalue weighted by atomic mass is 10.2. The van der Waals surface area contributed by atoms with Crippen LogP contribution in [0.1, 0.15) is 5.56 Å². The Morgan fingerprint density at radius 3 is 2.69 bits per heavy atom. The monoisotopic (exact) mass is 278 g/mol. The molecular weight excluding hydrogens is 268 g/mol. The van der Waals surface area contributed by atoms with Crippen molar-refractivity contribution < 1.29 is 0 Å². The van der Waals surface area contributed by atoms with E-state index in [-0.39, 0.29) is 0 Å². The maximum absolute atomic E-state index is 5.45. The van der Waals surface area contributed by atoms with Gasteiger partial charge < -0.3 is 11.1 Å². The quantitative estimate of drug-likeness (QED) is 0.905. The summed E-state index contributed by atoms with van der Waals surface area (Å²) in [5.41, 5.74) is 6.62. The minimum Gasteiger partial charge on any atom is -0.382 e. The number of nitrogens with one attached hydrogen (secondary N) is 1. The average molecular weight is 279 g/mol. The topological polar surface area (TPSA) is 63.8 Å². The Hall–Kier alpha value is -1.62. The molecule has 2 aromatic rings. The third-order valence-corrected chi connectivity index (χ3v) is 2.86. The van der Waals surface area contributed by atoms with Gasteiger partial charge >= 0.3 is 0 Å². The van der Waals surface area contributed by atoms with Crippen molar-refractivity contribution in [1.29, 1.82) is 0 Å². The van der Waals surface area contributed by atoms with Crippen molar-refractivity contribution in [2.45, 2.75) is 6.54 Å². The van der Waals surface area contributed by atoms with E-state index >= 15 is 0 Å². The number of nitrogen functional groups attached to an aromatic ring is 1. The first-order valence-corrected chi connectivity index (χ1v) is 5.60. The smallest absolute Gasteiger partial charge is 0.144 e. The molecule has 2 rings (SSSR count). The number of halogens is 1. The fraction of sp³-hybridized carbons (Fsp3) is 0.0909. The van der Waals surface area contributed by atoms with E-state index in [1.807, 2.05) is 24.3 Å². The van der Waals surface area contributed by atoms with Crippen molar-refractivity contribution in [2.75, 3.05) is 11.1 Å². The summed E-state index contributed by atoms with van der Waals surface area (Å²) in [5.74, 6) is 1.14. The van der Waals surface area contributed by atoms with Gasteiger partial charge in [0.05, 0.1) is 12.4 Å². The zero-order chi connectivity index (χ0) is 11.4. The molecule has 0 fully saturated rings. The maximum atomic E-state index is 5.45. The van der Waals surface area contributed by atoms with Crippen LogP contribution in [0.2, 0.25) is 0 Å². The molecule has 4 nitrogen and oxygen atoms in total. The van der Waals surface area contributed by atoms with E-state index < -0.39 is 0 Å². The van der Waals surface area contributed by atoms with Crippen LogP contribution in [0, 0.1) is 0 Å². The van der Waals surface area contributed by atoms with Crippen molar-refractivity contribution in [1.82, 2.24) is 9.97 Å². The van der Waals surface area contributed by atoms with Gasteiger partial charge in [-0.05, 0) is 11.6 Å². The largest absolute Gasteiger partial charge is 0.382 e. The molecule has 3 N–H and O–H groups in total. The van der Waals surface area contributed by atoms with E-state index in [0.717, 1.165) is 4.47 Å². The number of anilines is 2. The minimum atomic E-state index is 0.423. The van der Waals surface area contributed by atoms with Crippen LogP contribution in [-0.2, 0) is 6.54 Å². The number of aromatic nitrogens is 2. The number of hydrogen-bond acceptors (Lipinski definition) is 4.